The van der Waals surface area contributed by atoms with Crippen molar-refractivity contribution in [1.29, 1.82) is 5.26 Å². The number of piperazine rings is 1. The largest absolute Gasteiger partial charge is 0.461 e. The number of nitrogens with zero attached hydrogens (tertiary/aromatic N) is 9. The molecule has 0 radical (unpaired) electrons. The van der Waals surface area contributed by atoms with Crippen LogP contribution in [0.2, 0.25) is 0 Å². The van der Waals surface area contributed by atoms with Crippen LogP contribution in [0, 0.1) is 11.3 Å². The van der Waals surface area contributed by atoms with Crippen LogP contribution in [0.5, 0.6) is 6.01 Å². The standard InChI is InChI=1S/C30H39N11OS2/c1-5-41(18(2)20-7-6-10-34-24(20)32)27-35-26(40-15-30(16-40)23-21(11-31)25(33)44-22(23)13-43-30)36-28(37-27)42-17-29-9-8-19(39(29)4)12-38(3)14-29/h6-7,10,18-19H,5,8-9,12-17,33H2,1-4H3,(H2,32,34)/t18-,19?,29?/m1/s1. The highest BCUT2D eigenvalue weighted by atomic mass is 32.2. The highest BCUT2D eigenvalue weighted by molar-refractivity contribution is 8.00. The molecule has 0 amide bonds. The summed E-state index contributed by atoms with van der Waals surface area (Å²) >= 11 is 3.42. The number of rotatable bonds is 8. The highest BCUT2D eigenvalue weighted by Gasteiger charge is 2.53. The summed E-state index contributed by atoms with van der Waals surface area (Å²) in [6.07, 6.45) is 3.95. The fourth-order valence-corrected chi connectivity index (χ4v) is 10.4. The van der Waals surface area contributed by atoms with Crippen LogP contribution < -0.4 is 26.0 Å². The molecule has 0 saturated carbocycles. The Morgan fingerprint density at radius 3 is 2.80 bits per heavy atom. The Labute approximate surface area is 266 Å². The number of thioether (sulfide) groups is 1. The molecule has 3 aromatic heterocycles. The molecule has 232 valence electrons. The first kappa shape index (κ1) is 29.3. The van der Waals surface area contributed by atoms with E-state index in [9.17, 15) is 5.26 Å². The predicted molar refractivity (Wildman–Crippen MR) is 175 cm³/mol. The third-order valence-electron chi connectivity index (χ3n) is 10.0. The Morgan fingerprint density at radius 1 is 1.23 bits per heavy atom. The molecule has 14 heteroatoms. The fraction of sp³-hybridized carbons (Fsp3) is 0.567. The number of nitrogen functional groups attached to an aromatic ring is 2. The molecular weight excluding hydrogens is 595 g/mol. The van der Waals surface area contributed by atoms with E-state index in [-0.39, 0.29) is 16.3 Å². The molecule has 4 N–H and O–H groups in total. The van der Waals surface area contributed by atoms with Crippen molar-refractivity contribution >= 4 is 45.8 Å². The molecule has 0 aliphatic carbocycles. The molecule has 3 saturated heterocycles. The second-order valence-corrected chi connectivity index (χ2v) is 15.1. The SMILES string of the molecule is CCN(c1nc(OCC23CCC(CN(C)C2)N3C)nc(N2CC3(C2)SCc2sc(N)c(C#N)c23)n1)[C@H](C)c1cccnc1N. The number of hydrogen-bond donors (Lipinski definition) is 2. The third-order valence-corrected chi connectivity index (χ3v) is 12.7. The van der Waals surface area contributed by atoms with Crippen LogP contribution in [0.1, 0.15) is 54.3 Å². The second kappa shape index (κ2) is 10.9. The van der Waals surface area contributed by atoms with Crippen LogP contribution in [0.15, 0.2) is 18.3 Å². The van der Waals surface area contributed by atoms with Gasteiger partial charge >= 0.3 is 6.01 Å². The topological polar surface area (TPSA) is 150 Å². The number of fused-ring (bicyclic) bond motifs is 4. The van der Waals surface area contributed by atoms with Crippen molar-refractivity contribution in [1.82, 2.24) is 29.7 Å². The van der Waals surface area contributed by atoms with Crippen LogP contribution in [0.4, 0.5) is 22.7 Å². The first-order chi connectivity index (χ1) is 21.2. The smallest absolute Gasteiger partial charge is 0.323 e. The Morgan fingerprint density at radius 2 is 2.05 bits per heavy atom. The zero-order chi connectivity index (χ0) is 30.8. The van der Waals surface area contributed by atoms with E-state index in [1.54, 1.807) is 17.5 Å². The molecule has 7 heterocycles. The van der Waals surface area contributed by atoms with E-state index in [1.807, 2.05) is 23.9 Å². The maximum Gasteiger partial charge on any atom is 0.323 e. The number of anilines is 4. The first-order valence-electron chi connectivity index (χ1n) is 15.1. The first-order valence-corrected chi connectivity index (χ1v) is 16.9. The summed E-state index contributed by atoms with van der Waals surface area (Å²) in [5, 5.41) is 10.5. The number of pyridine rings is 1. The third kappa shape index (κ3) is 4.63. The number of likely N-dealkylation sites (tertiary alicyclic amines) is 1. The summed E-state index contributed by atoms with van der Waals surface area (Å²) in [6, 6.07) is 7.00. The van der Waals surface area contributed by atoms with Crippen molar-refractivity contribution in [2.75, 3.05) is 74.7 Å². The minimum Gasteiger partial charge on any atom is -0.461 e. The summed E-state index contributed by atoms with van der Waals surface area (Å²) in [7, 11) is 4.41. The summed E-state index contributed by atoms with van der Waals surface area (Å²) in [5.41, 5.74) is 15.1. The number of nitrogens with two attached hydrogens (primary N) is 2. The van der Waals surface area contributed by atoms with Gasteiger partial charge in [-0.15, -0.1) is 23.1 Å². The number of likely N-dealkylation sites (N-methyl/N-ethyl adjacent to an activating group) is 2. The van der Waals surface area contributed by atoms with Crippen molar-refractivity contribution in [2.24, 2.45) is 0 Å². The van der Waals surface area contributed by atoms with Gasteiger partial charge in [-0.05, 0) is 46.9 Å². The van der Waals surface area contributed by atoms with Gasteiger partial charge in [-0.25, -0.2) is 4.98 Å². The maximum atomic E-state index is 9.86. The van der Waals surface area contributed by atoms with Gasteiger partial charge in [0.15, 0.2) is 0 Å². The molecule has 2 bridgehead atoms. The highest BCUT2D eigenvalue weighted by Crippen LogP contribution is 2.57. The van der Waals surface area contributed by atoms with E-state index < -0.39 is 0 Å². The van der Waals surface area contributed by atoms with Crippen LogP contribution in [-0.2, 0) is 10.5 Å². The lowest BCUT2D eigenvalue weighted by Gasteiger charge is -2.48. The molecule has 7 rings (SSSR count). The molecule has 1 spiro atoms. The summed E-state index contributed by atoms with van der Waals surface area (Å²) in [4.78, 5) is 29.5. The summed E-state index contributed by atoms with van der Waals surface area (Å²) in [6.45, 7) is 8.74. The molecule has 3 atom stereocenters. The Kier molecular flexibility index (Phi) is 7.27. The zero-order valence-corrected chi connectivity index (χ0v) is 27.3. The van der Waals surface area contributed by atoms with E-state index in [0.29, 0.717) is 66.6 Å². The van der Waals surface area contributed by atoms with Crippen molar-refractivity contribution in [2.45, 2.75) is 54.8 Å². The quantitative estimate of drug-likeness (QED) is 0.374. The summed E-state index contributed by atoms with van der Waals surface area (Å²) < 4.78 is 6.34. The fourth-order valence-electron chi connectivity index (χ4n) is 7.58. The predicted octanol–water partition coefficient (Wildman–Crippen LogP) is 3.07. The normalized spacial score (nSPS) is 24.6. The number of aromatic nitrogens is 4. The molecule has 0 aromatic carbocycles. The average Bonchev–Trinajstić information content (AvgIpc) is 3.56. The molecule has 4 aliphatic heterocycles. The van der Waals surface area contributed by atoms with Crippen LogP contribution >= 0.6 is 23.1 Å². The number of hydrogen-bond acceptors (Lipinski definition) is 14. The van der Waals surface area contributed by atoms with E-state index in [0.717, 1.165) is 36.4 Å². The molecule has 12 nitrogen and oxygen atoms in total. The van der Waals surface area contributed by atoms with Gasteiger partial charge in [-0.1, -0.05) is 6.07 Å². The van der Waals surface area contributed by atoms with Crippen LogP contribution in [0.3, 0.4) is 0 Å². The van der Waals surface area contributed by atoms with E-state index in [2.05, 4.69) is 58.6 Å². The molecular formula is C30H39N11OS2. The minimum atomic E-state index is -0.183. The Balaban J connectivity index is 1.21. The average molecular weight is 634 g/mol. The van der Waals surface area contributed by atoms with Crippen molar-refractivity contribution in [3.8, 4) is 12.1 Å². The lowest BCUT2D eigenvalue weighted by atomic mass is 9.88. The van der Waals surface area contributed by atoms with E-state index in [4.69, 9.17) is 31.2 Å². The van der Waals surface area contributed by atoms with Crippen LogP contribution in [0.25, 0.3) is 0 Å². The number of ether oxygens (including phenoxy) is 1. The van der Waals surface area contributed by atoms with Crippen molar-refractivity contribution in [3.05, 3.63) is 39.9 Å². The van der Waals surface area contributed by atoms with Gasteiger partial charge in [0, 0.05) is 66.7 Å². The van der Waals surface area contributed by atoms with E-state index >= 15 is 0 Å². The van der Waals surface area contributed by atoms with Crippen LogP contribution in [-0.4, -0.2) is 94.7 Å². The number of thiophene rings is 1. The molecule has 3 aromatic rings. The molecule has 44 heavy (non-hydrogen) atoms. The van der Waals surface area contributed by atoms with Gasteiger partial charge in [0.05, 0.1) is 21.9 Å². The lowest BCUT2D eigenvalue weighted by molar-refractivity contribution is -0.000706. The zero-order valence-electron chi connectivity index (χ0n) is 25.7. The van der Waals surface area contributed by atoms with Gasteiger partial charge in [-0.2, -0.15) is 20.2 Å². The van der Waals surface area contributed by atoms with Gasteiger partial charge in [-0.3, -0.25) is 4.90 Å². The van der Waals surface area contributed by atoms with E-state index in [1.165, 1.54) is 11.3 Å². The molecule has 2 unspecified atom stereocenters. The number of nitriles is 1. The minimum absolute atomic E-state index is 0.0726. The second-order valence-electron chi connectivity index (χ2n) is 12.6. The van der Waals surface area contributed by atoms with Crippen molar-refractivity contribution < 1.29 is 4.74 Å². The van der Waals surface area contributed by atoms with Gasteiger partial charge in [0.2, 0.25) is 11.9 Å². The van der Waals surface area contributed by atoms with Gasteiger partial charge in [0.1, 0.15) is 23.5 Å². The summed E-state index contributed by atoms with van der Waals surface area (Å²) in [5.74, 6) is 2.48. The monoisotopic (exact) mass is 633 g/mol. The molecule has 4 aliphatic rings. The Hall–Kier alpha value is -3.38. The van der Waals surface area contributed by atoms with Gasteiger partial charge < -0.3 is 30.9 Å². The lowest BCUT2D eigenvalue weighted by Crippen LogP contribution is -2.61. The van der Waals surface area contributed by atoms with Crippen molar-refractivity contribution in [3.63, 3.8) is 0 Å². The van der Waals surface area contributed by atoms with Gasteiger partial charge in [0.25, 0.3) is 0 Å². The molecule has 3 fully saturated rings. The maximum absolute atomic E-state index is 9.86. The Bertz CT molecular complexity index is 1620.